The Bertz CT molecular complexity index is 570. The Morgan fingerprint density at radius 2 is 2.18 bits per heavy atom. The third-order valence-electron chi connectivity index (χ3n) is 3.39. The minimum absolute atomic E-state index is 0.0583. The molecular formula is C12H13N3O2. The van der Waals surface area contributed by atoms with Crippen molar-refractivity contribution in [3.63, 3.8) is 0 Å². The quantitative estimate of drug-likeness (QED) is 0.859. The van der Waals surface area contributed by atoms with Crippen molar-refractivity contribution < 1.29 is 9.90 Å². The molecule has 5 heteroatoms. The summed E-state index contributed by atoms with van der Waals surface area (Å²) in [4.78, 5) is 19.0. The van der Waals surface area contributed by atoms with Crippen LogP contribution in [0.1, 0.15) is 47.8 Å². The smallest absolute Gasteiger partial charge is 0.356 e. The largest absolute Gasteiger partial charge is 0.476 e. The Hall–Kier alpha value is -1.91. The highest BCUT2D eigenvalue weighted by Crippen LogP contribution is 2.33. The van der Waals surface area contributed by atoms with Crippen molar-refractivity contribution in [3.05, 3.63) is 29.8 Å². The first-order valence-corrected chi connectivity index (χ1v) is 5.83. The minimum atomic E-state index is -1.01. The third kappa shape index (κ3) is 1.67. The van der Waals surface area contributed by atoms with E-state index in [0.29, 0.717) is 11.7 Å². The highest BCUT2D eigenvalue weighted by Gasteiger charge is 2.21. The van der Waals surface area contributed by atoms with Gasteiger partial charge in [0.1, 0.15) is 0 Å². The van der Waals surface area contributed by atoms with Gasteiger partial charge in [0.05, 0.1) is 0 Å². The molecule has 1 saturated carbocycles. The number of carbonyl (C=O) groups is 1. The number of hydrogen-bond acceptors (Lipinski definition) is 3. The lowest BCUT2D eigenvalue weighted by Gasteiger charge is -2.10. The van der Waals surface area contributed by atoms with E-state index in [-0.39, 0.29) is 5.69 Å². The fraction of sp³-hybridized carbons (Fsp3) is 0.417. The van der Waals surface area contributed by atoms with Crippen LogP contribution in [-0.4, -0.2) is 25.4 Å². The summed E-state index contributed by atoms with van der Waals surface area (Å²) in [6, 6.07) is 1.97. The van der Waals surface area contributed by atoms with E-state index in [4.69, 9.17) is 5.11 Å². The van der Waals surface area contributed by atoms with Gasteiger partial charge < -0.3 is 5.11 Å². The molecule has 0 amide bonds. The van der Waals surface area contributed by atoms with Crippen molar-refractivity contribution in [1.29, 1.82) is 0 Å². The second kappa shape index (κ2) is 3.84. The van der Waals surface area contributed by atoms with Gasteiger partial charge in [-0.2, -0.15) is 0 Å². The predicted octanol–water partition coefficient (Wildman–Crippen LogP) is 2.09. The number of aromatic carboxylic acids is 1. The number of rotatable bonds is 2. The van der Waals surface area contributed by atoms with Gasteiger partial charge in [0.15, 0.2) is 5.69 Å². The Kier molecular flexibility index (Phi) is 2.31. The number of hydrogen-bond donors (Lipinski definition) is 1. The summed E-state index contributed by atoms with van der Waals surface area (Å²) in [6.45, 7) is 0. The lowest BCUT2D eigenvalue weighted by atomic mass is 10.0. The van der Waals surface area contributed by atoms with Crippen molar-refractivity contribution in [1.82, 2.24) is 14.4 Å². The van der Waals surface area contributed by atoms with Crippen LogP contribution >= 0.6 is 0 Å². The summed E-state index contributed by atoms with van der Waals surface area (Å²) in [6.07, 6.45) is 8.10. The molecule has 5 nitrogen and oxygen atoms in total. The Labute approximate surface area is 98.1 Å². The van der Waals surface area contributed by atoms with E-state index >= 15 is 0 Å². The first-order valence-electron chi connectivity index (χ1n) is 5.83. The molecule has 0 radical (unpaired) electrons. The first-order chi connectivity index (χ1) is 8.25. The van der Waals surface area contributed by atoms with Gasteiger partial charge in [-0.3, -0.25) is 4.40 Å². The van der Waals surface area contributed by atoms with Crippen LogP contribution in [0.15, 0.2) is 18.5 Å². The molecule has 0 aromatic carbocycles. The second-order valence-corrected chi connectivity index (χ2v) is 4.45. The van der Waals surface area contributed by atoms with Crippen molar-refractivity contribution in [2.75, 3.05) is 0 Å². The Balaban J connectivity index is 2.14. The van der Waals surface area contributed by atoms with E-state index in [1.54, 1.807) is 12.4 Å². The normalized spacial score (nSPS) is 16.7. The third-order valence-corrected chi connectivity index (χ3v) is 3.39. The van der Waals surface area contributed by atoms with Crippen LogP contribution < -0.4 is 0 Å². The highest BCUT2D eigenvalue weighted by molar-refractivity contribution is 5.85. The van der Waals surface area contributed by atoms with E-state index in [0.717, 1.165) is 5.69 Å². The van der Waals surface area contributed by atoms with Crippen LogP contribution in [-0.2, 0) is 0 Å². The zero-order valence-corrected chi connectivity index (χ0v) is 9.33. The molecule has 0 aliphatic heterocycles. The van der Waals surface area contributed by atoms with Crippen molar-refractivity contribution in [2.24, 2.45) is 0 Å². The number of nitrogens with zero attached hydrogens (tertiary/aromatic N) is 3. The zero-order valence-electron chi connectivity index (χ0n) is 9.33. The van der Waals surface area contributed by atoms with Crippen LogP contribution in [0.25, 0.3) is 5.78 Å². The molecule has 0 bridgehead atoms. The average molecular weight is 231 g/mol. The Morgan fingerprint density at radius 3 is 2.88 bits per heavy atom. The molecule has 1 fully saturated rings. The first kappa shape index (κ1) is 10.3. The Morgan fingerprint density at radius 1 is 1.41 bits per heavy atom. The summed E-state index contributed by atoms with van der Waals surface area (Å²) in [5.74, 6) is -0.0176. The van der Waals surface area contributed by atoms with Gasteiger partial charge in [-0.05, 0) is 24.8 Å². The maximum atomic E-state index is 10.9. The maximum absolute atomic E-state index is 10.9. The van der Waals surface area contributed by atoms with Crippen molar-refractivity contribution in [3.8, 4) is 0 Å². The molecule has 17 heavy (non-hydrogen) atoms. The predicted molar refractivity (Wildman–Crippen MR) is 61.2 cm³/mol. The van der Waals surface area contributed by atoms with Gasteiger partial charge in [-0.1, -0.05) is 12.8 Å². The fourth-order valence-corrected chi connectivity index (χ4v) is 2.57. The topological polar surface area (TPSA) is 67.5 Å². The molecule has 1 aliphatic carbocycles. The van der Waals surface area contributed by atoms with Gasteiger partial charge in [0, 0.05) is 18.1 Å². The molecule has 1 N–H and O–H groups in total. The van der Waals surface area contributed by atoms with Crippen molar-refractivity contribution in [2.45, 2.75) is 31.6 Å². The summed E-state index contributed by atoms with van der Waals surface area (Å²) >= 11 is 0. The zero-order chi connectivity index (χ0) is 11.8. The molecule has 1 aliphatic rings. The molecule has 2 heterocycles. The molecule has 0 unspecified atom stereocenters. The number of imidazole rings is 1. The molecule has 88 valence electrons. The van der Waals surface area contributed by atoms with E-state index in [9.17, 15) is 4.79 Å². The SMILES string of the molecule is O=C(O)c1cn2c(C3CCCC3)ccnc2n1. The summed E-state index contributed by atoms with van der Waals surface area (Å²) < 4.78 is 1.82. The number of fused-ring (bicyclic) bond motifs is 1. The second-order valence-electron chi connectivity index (χ2n) is 4.45. The molecule has 3 rings (SSSR count). The molecule has 0 atom stereocenters. The molecule has 0 saturated heterocycles. The fourth-order valence-electron chi connectivity index (χ4n) is 2.57. The van der Waals surface area contributed by atoms with Crippen LogP contribution in [0.2, 0.25) is 0 Å². The standard InChI is InChI=1S/C12H13N3O2/c16-11(17)9-7-15-10(8-3-1-2-4-8)5-6-13-12(15)14-9/h5-8H,1-4H2,(H,16,17). The maximum Gasteiger partial charge on any atom is 0.356 e. The summed E-state index contributed by atoms with van der Waals surface area (Å²) in [7, 11) is 0. The van der Waals surface area contributed by atoms with Crippen LogP contribution in [0.4, 0.5) is 0 Å². The van der Waals surface area contributed by atoms with E-state index in [1.165, 1.54) is 25.7 Å². The molecule has 2 aromatic rings. The lowest BCUT2D eigenvalue weighted by molar-refractivity contribution is 0.0691. The monoisotopic (exact) mass is 231 g/mol. The number of carboxylic acid groups (broad SMARTS) is 1. The summed E-state index contributed by atoms with van der Waals surface area (Å²) in [5.41, 5.74) is 1.19. The van der Waals surface area contributed by atoms with Crippen LogP contribution in [0.3, 0.4) is 0 Å². The number of aromatic nitrogens is 3. The average Bonchev–Trinajstić information content (AvgIpc) is 2.97. The van der Waals surface area contributed by atoms with Gasteiger partial charge in [-0.15, -0.1) is 0 Å². The molecule has 2 aromatic heterocycles. The van der Waals surface area contributed by atoms with E-state index < -0.39 is 5.97 Å². The van der Waals surface area contributed by atoms with Gasteiger partial charge >= 0.3 is 5.97 Å². The number of carboxylic acids is 1. The molecule has 0 spiro atoms. The van der Waals surface area contributed by atoms with E-state index in [1.807, 2.05) is 10.5 Å². The van der Waals surface area contributed by atoms with Gasteiger partial charge in [0.2, 0.25) is 5.78 Å². The summed E-state index contributed by atoms with van der Waals surface area (Å²) in [5, 5.41) is 8.94. The lowest BCUT2D eigenvalue weighted by Crippen LogP contribution is -2.01. The van der Waals surface area contributed by atoms with Gasteiger partial charge in [0.25, 0.3) is 0 Å². The highest BCUT2D eigenvalue weighted by atomic mass is 16.4. The van der Waals surface area contributed by atoms with Crippen LogP contribution in [0, 0.1) is 0 Å². The van der Waals surface area contributed by atoms with E-state index in [2.05, 4.69) is 9.97 Å². The van der Waals surface area contributed by atoms with Crippen LogP contribution in [0.5, 0.6) is 0 Å². The van der Waals surface area contributed by atoms with Gasteiger partial charge in [-0.25, -0.2) is 14.8 Å². The minimum Gasteiger partial charge on any atom is -0.476 e. The van der Waals surface area contributed by atoms with Crippen molar-refractivity contribution >= 4 is 11.7 Å². The molecular weight excluding hydrogens is 218 g/mol.